The molecule has 0 aliphatic carbocycles. The minimum Gasteiger partial charge on any atom is -0.491 e. The fourth-order valence-electron chi connectivity index (χ4n) is 1.53. The van der Waals surface area contributed by atoms with E-state index in [9.17, 15) is 22.7 Å². The quantitative estimate of drug-likeness (QED) is 0.748. The predicted molar refractivity (Wildman–Crippen MR) is 68.9 cm³/mol. The molecule has 3 nitrogen and oxygen atoms in total. The number of hydrogen-bond acceptors (Lipinski definition) is 3. The van der Waals surface area contributed by atoms with E-state index in [4.69, 9.17) is 4.74 Å². The summed E-state index contributed by atoms with van der Waals surface area (Å²) >= 11 is 0. The second kappa shape index (κ2) is 7.61. The van der Waals surface area contributed by atoms with E-state index in [1.54, 1.807) is 24.3 Å². The molecular formula is C14H18F4O3. The zero-order valence-corrected chi connectivity index (χ0v) is 11.7. The van der Waals surface area contributed by atoms with Crippen LogP contribution in [0.15, 0.2) is 24.3 Å². The van der Waals surface area contributed by atoms with Gasteiger partial charge in [0, 0.05) is 0 Å². The van der Waals surface area contributed by atoms with E-state index in [0.29, 0.717) is 11.3 Å². The topological polar surface area (TPSA) is 38.7 Å². The van der Waals surface area contributed by atoms with E-state index in [1.165, 1.54) is 0 Å². The number of hydrogen-bond donors (Lipinski definition) is 1. The Bertz CT molecular complexity index is 438. The van der Waals surface area contributed by atoms with Crippen LogP contribution < -0.4 is 4.74 Å². The third kappa shape index (κ3) is 5.89. The second-order valence-electron chi connectivity index (χ2n) is 4.83. The first kappa shape index (κ1) is 17.7. The maximum absolute atomic E-state index is 12.6. The number of halogens is 4. The van der Waals surface area contributed by atoms with Gasteiger partial charge in [0.05, 0.1) is 12.7 Å². The van der Waals surface area contributed by atoms with Gasteiger partial charge >= 0.3 is 12.3 Å². The van der Waals surface area contributed by atoms with Gasteiger partial charge in [-0.15, -0.1) is 0 Å². The van der Waals surface area contributed by atoms with E-state index in [1.807, 2.05) is 13.8 Å². The minimum absolute atomic E-state index is 0.0571. The molecule has 0 saturated carbocycles. The van der Waals surface area contributed by atoms with Crippen molar-refractivity contribution in [1.82, 2.24) is 0 Å². The first-order chi connectivity index (χ1) is 9.72. The minimum atomic E-state index is -4.22. The van der Waals surface area contributed by atoms with E-state index in [2.05, 4.69) is 4.74 Å². The van der Waals surface area contributed by atoms with Crippen LogP contribution in [0.25, 0.3) is 0 Å². The number of aliphatic hydroxyl groups excluding tert-OH is 1. The Morgan fingerprint density at radius 3 is 2.48 bits per heavy atom. The van der Waals surface area contributed by atoms with Gasteiger partial charge in [0.15, 0.2) is 0 Å². The summed E-state index contributed by atoms with van der Waals surface area (Å²) in [5.74, 6) is -3.71. The lowest BCUT2D eigenvalue weighted by atomic mass is 10.1. The van der Waals surface area contributed by atoms with Gasteiger partial charge in [0.25, 0.3) is 0 Å². The zero-order valence-electron chi connectivity index (χ0n) is 11.7. The molecule has 0 fully saturated rings. The average molecular weight is 310 g/mol. The van der Waals surface area contributed by atoms with Gasteiger partial charge in [0.1, 0.15) is 18.5 Å². The highest BCUT2D eigenvalue weighted by atomic mass is 19.3. The molecule has 1 atom stereocenters. The van der Waals surface area contributed by atoms with Gasteiger partial charge in [-0.25, -0.2) is 8.78 Å². The summed E-state index contributed by atoms with van der Waals surface area (Å²) in [5.41, 5.74) is 0.397. The van der Waals surface area contributed by atoms with Gasteiger partial charge in [-0.1, -0.05) is 12.1 Å². The number of rotatable bonds is 8. The molecule has 1 N–H and O–H groups in total. The van der Waals surface area contributed by atoms with Crippen LogP contribution in [0.5, 0.6) is 5.75 Å². The van der Waals surface area contributed by atoms with Crippen LogP contribution >= 0.6 is 0 Å². The molecule has 0 aromatic heterocycles. The largest absolute Gasteiger partial charge is 0.491 e. The summed E-state index contributed by atoms with van der Waals surface area (Å²) < 4.78 is 59.0. The fourth-order valence-corrected chi connectivity index (χ4v) is 1.53. The van der Waals surface area contributed by atoms with Crippen molar-refractivity contribution in [3.63, 3.8) is 0 Å². The Morgan fingerprint density at radius 2 is 1.90 bits per heavy atom. The third-order valence-electron chi connectivity index (χ3n) is 2.50. The molecule has 0 bridgehead atoms. The number of alkyl halides is 4. The first-order valence-electron chi connectivity index (χ1n) is 6.40. The summed E-state index contributed by atoms with van der Waals surface area (Å²) in [7, 11) is 0. The molecule has 0 spiro atoms. The predicted octanol–water partition coefficient (Wildman–Crippen LogP) is 3.42. The maximum atomic E-state index is 12.6. The van der Waals surface area contributed by atoms with Gasteiger partial charge in [0.2, 0.25) is 0 Å². The van der Waals surface area contributed by atoms with E-state index in [0.717, 1.165) is 0 Å². The molecule has 7 heteroatoms. The summed E-state index contributed by atoms with van der Waals surface area (Å²) in [4.78, 5) is 0. The molecule has 0 radical (unpaired) electrons. The molecule has 0 amide bonds. The van der Waals surface area contributed by atoms with Crippen LogP contribution in [0, 0.1) is 0 Å². The van der Waals surface area contributed by atoms with E-state index in [-0.39, 0.29) is 6.10 Å². The van der Waals surface area contributed by atoms with Crippen molar-refractivity contribution in [2.24, 2.45) is 0 Å². The Morgan fingerprint density at radius 1 is 1.24 bits per heavy atom. The molecule has 21 heavy (non-hydrogen) atoms. The Labute approximate surface area is 120 Å². The lowest BCUT2D eigenvalue weighted by Crippen LogP contribution is -2.33. The van der Waals surface area contributed by atoms with Gasteiger partial charge in [-0.3, -0.25) is 0 Å². The van der Waals surface area contributed by atoms with Crippen LogP contribution in [-0.2, 0) is 4.74 Å². The molecule has 0 heterocycles. The number of benzene rings is 1. The highest BCUT2D eigenvalue weighted by Gasteiger charge is 2.41. The monoisotopic (exact) mass is 310 g/mol. The first-order valence-corrected chi connectivity index (χ1v) is 6.40. The zero-order chi connectivity index (χ0) is 16.0. The van der Waals surface area contributed by atoms with Crippen molar-refractivity contribution >= 4 is 0 Å². The smallest absolute Gasteiger partial charge is 0.330 e. The average Bonchev–Trinajstić information content (AvgIpc) is 2.37. The maximum Gasteiger partial charge on any atom is 0.330 e. The number of ether oxygens (including phenoxy) is 2. The van der Waals surface area contributed by atoms with Crippen LogP contribution in [0.4, 0.5) is 17.6 Å². The SMILES string of the molecule is CC(C)Oc1cccc(C(O)COCC(F)(F)C(F)F)c1. The van der Waals surface area contributed by atoms with Crippen LogP contribution in [0.1, 0.15) is 25.5 Å². The fraction of sp³-hybridized carbons (Fsp3) is 0.571. The van der Waals surface area contributed by atoms with Crippen LogP contribution in [-0.4, -0.2) is 36.8 Å². The molecule has 0 saturated heterocycles. The lowest BCUT2D eigenvalue weighted by Gasteiger charge is -2.18. The van der Waals surface area contributed by atoms with Crippen LogP contribution in [0.2, 0.25) is 0 Å². The van der Waals surface area contributed by atoms with Crippen molar-refractivity contribution in [3.05, 3.63) is 29.8 Å². The summed E-state index contributed by atoms with van der Waals surface area (Å²) in [6.07, 6.45) is -5.05. The van der Waals surface area contributed by atoms with Crippen molar-refractivity contribution in [1.29, 1.82) is 0 Å². The van der Waals surface area contributed by atoms with Crippen molar-refractivity contribution in [3.8, 4) is 5.75 Å². The summed E-state index contributed by atoms with van der Waals surface area (Å²) in [6, 6.07) is 6.41. The van der Waals surface area contributed by atoms with E-state index < -0.39 is 31.7 Å². The van der Waals surface area contributed by atoms with Gasteiger partial charge in [-0.05, 0) is 31.5 Å². The van der Waals surface area contributed by atoms with Gasteiger partial charge in [-0.2, -0.15) is 8.78 Å². The highest BCUT2D eigenvalue weighted by Crippen LogP contribution is 2.24. The standard InChI is InChI=1S/C14H18F4O3/c1-9(2)21-11-5-3-4-10(6-11)12(19)7-20-8-14(17,18)13(15)16/h3-6,9,12-13,19H,7-8H2,1-2H3. The van der Waals surface area contributed by atoms with Crippen LogP contribution in [0.3, 0.4) is 0 Å². The van der Waals surface area contributed by atoms with E-state index >= 15 is 0 Å². The van der Waals surface area contributed by atoms with Gasteiger partial charge < -0.3 is 14.6 Å². The molecule has 1 aromatic carbocycles. The van der Waals surface area contributed by atoms with Crippen molar-refractivity contribution < 1.29 is 32.1 Å². The highest BCUT2D eigenvalue weighted by molar-refractivity contribution is 5.30. The molecule has 1 unspecified atom stereocenters. The lowest BCUT2D eigenvalue weighted by molar-refractivity contribution is -0.170. The molecule has 0 aliphatic heterocycles. The Hall–Kier alpha value is -1.34. The summed E-state index contributed by atoms with van der Waals surface area (Å²) in [5, 5.41) is 9.80. The van der Waals surface area contributed by atoms with Crippen molar-refractivity contribution in [2.45, 2.75) is 38.4 Å². The molecular weight excluding hydrogens is 292 g/mol. The van der Waals surface area contributed by atoms with Crippen molar-refractivity contribution in [2.75, 3.05) is 13.2 Å². The number of aliphatic hydroxyl groups is 1. The molecule has 0 aliphatic rings. The molecule has 120 valence electrons. The second-order valence-corrected chi connectivity index (χ2v) is 4.83. The molecule has 1 aromatic rings. The Balaban J connectivity index is 2.54. The summed E-state index contributed by atoms with van der Waals surface area (Å²) in [6.45, 7) is 1.72. The Kier molecular flexibility index (Phi) is 6.42. The third-order valence-corrected chi connectivity index (χ3v) is 2.50. The normalized spacial score (nSPS) is 13.8. The molecule has 1 rings (SSSR count).